The van der Waals surface area contributed by atoms with Crippen LogP contribution in [0.2, 0.25) is 0 Å². The summed E-state index contributed by atoms with van der Waals surface area (Å²) in [6.45, 7) is 6.76. The zero-order chi connectivity index (χ0) is 13.7. The second-order valence-electron chi connectivity index (χ2n) is 4.58. The molecular formula is C11H20N6O. The maximum atomic E-state index is 11.1. The van der Waals surface area contributed by atoms with Gasteiger partial charge in [-0.25, -0.2) is 10.8 Å². The minimum atomic E-state index is -0.394. The molecule has 0 atom stereocenters. The van der Waals surface area contributed by atoms with E-state index in [1.165, 1.54) is 0 Å². The van der Waals surface area contributed by atoms with Crippen LogP contribution in [-0.2, 0) is 4.79 Å². The number of amides is 1. The lowest BCUT2D eigenvalue weighted by Gasteiger charge is -2.24. The molecule has 0 aliphatic heterocycles. The van der Waals surface area contributed by atoms with Crippen molar-refractivity contribution in [1.29, 1.82) is 0 Å². The van der Waals surface area contributed by atoms with Gasteiger partial charge in [-0.05, 0) is 12.8 Å². The fourth-order valence-electron chi connectivity index (χ4n) is 1.65. The van der Waals surface area contributed by atoms with Gasteiger partial charge in [0.2, 0.25) is 11.9 Å². The molecule has 0 saturated heterocycles. The number of nitrogens with zero attached hydrogens (tertiary/aromatic N) is 3. The van der Waals surface area contributed by atoms with E-state index in [9.17, 15) is 4.79 Å². The number of hydrogen-bond donors (Lipinski definition) is 3. The highest BCUT2D eigenvalue weighted by atomic mass is 16.1. The van der Waals surface area contributed by atoms with Crippen LogP contribution >= 0.6 is 0 Å². The number of carbonyl (C=O) groups excluding carboxylic acids is 1. The number of nitrogen functional groups attached to an aromatic ring is 1. The summed E-state index contributed by atoms with van der Waals surface area (Å²) in [7, 11) is 0. The van der Waals surface area contributed by atoms with Gasteiger partial charge in [0, 0.05) is 18.3 Å². The number of aryl methyl sites for hydroxylation is 1. The Morgan fingerprint density at radius 1 is 1.50 bits per heavy atom. The molecule has 1 amide bonds. The summed E-state index contributed by atoms with van der Waals surface area (Å²) in [5.74, 6) is 6.26. The van der Waals surface area contributed by atoms with Crippen molar-refractivity contribution in [3.05, 3.63) is 11.8 Å². The highest BCUT2D eigenvalue weighted by Crippen LogP contribution is 2.15. The lowest BCUT2D eigenvalue weighted by Crippen LogP contribution is -2.37. The molecule has 100 valence electrons. The number of primary amides is 1. The van der Waals surface area contributed by atoms with E-state index in [2.05, 4.69) is 29.2 Å². The predicted molar refractivity (Wildman–Crippen MR) is 70.8 cm³/mol. The molecule has 1 aromatic heterocycles. The van der Waals surface area contributed by atoms with Crippen molar-refractivity contribution in [3.63, 3.8) is 0 Å². The highest BCUT2D eigenvalue weighted by Gasteiger charge is 2.14. The quantitative estimate of drug-likeness (QED) is 0.486. The average molecular weight is 252 g/mol. The molecule has 18 heavy (non-hydrogen) atoms. The molecule has 7 heteroatoms. The molecule has 0 bridgehead atoms. The van der Waals surface area contributed by atoms with E-state index in [4.69, 9.17) is 11.6 Å². The van der Waals surface area contributed by atoms with Crippen LogP contribution in [0.3, 0.4) is 0 Å². The van der Waals surface area contributed by atoms with Gasteiger partial charge < -0.3 is 10.6 Å². The van der Waals surface area contributed by atoms with Crippen molar-refractivity contribution in [1.82, 2.24) is 9.97 Å². The van der Waals surface area contributed by atoms with Crippen LogP contribution in [0.5, 0.6) is 0 Å². The molecule has 1 rings (SSSR count). The van der Waals surface area contributed by atoms with Gasteiger partial charge in [0.1, 0.15) is 5.82 Å². The molecular weight excluding hydrogens is 232 g/mol. The average Bonchev–Trinajstić information content (AvgIpc) is 2.26. The number of hydrazine groups is 1. The number of anilines is 2. The predicted octanol–water partition coefficient (Wildman–Crippen LogP) is 0.0183. The number of nitrogens with one attached hydrogen (secondary N) is 1. The molecule has 0 aliphatic rings. The van der Waals surface area contributed by atoms with E-state index in [1.807, 2.05) is 11.8 Å². The number of aromatic nitrogens is 2. The summed E-state index contributed by atoms with van der Waals surface area (Å²) in [6.07, 6.45) is 0. The summed E-state index contributed by atoms with van der Waals surface area (Å²) in [5, 5.41) is 0. The molecule has 0 saturated carbocycles. The molecule has 5 N–H and O–H groups in total. The lowest BCUT2D eigenvalue weighted by atomic mass is 10.2. The topological polar surface area (TPSA) is 110 Å². The van der Waals surface area contributed by atoms with Gasteiger partial charge >= 0.3 is 0 Å². The zero-order valence-corrected chi connectivity index (χ0v) is 11.0. The van der Waals surface area contributed by atoms with Crippen LogP contribution in [0.4, 0.5) is 11.8 Å². The monoisotopic (exact) mass is 252 g/mol. The Balaban J connectivity index is 3.02. The van der Waals surface area contributed by atoms with E-state index in [0.29, 0.717) is 24.2 Å². The third-order valence-electron chi connectivity index (χ3n) is 2.23. The summed E-state index contributed by atoms with van der Waals surface area (Å²) >= 11 is 0. The van der Waals surface area contributed by atoms with Crippen LogP contribution < -0.4 is 21.9 Å². The van der Waals surface area contributed by atoms with Crippen LogP contribution in [0.25, 0.3) is 0 Å². The Kier molecular flexibility index (Phi) is 4.85. The first-order valence-corrected chi connectivity index (χ1v) is 5.78. The van der Waals surface area contributed by atoms with Crippen molar-refractivity contribution in [2.75, 3.05) is 23.4 Å². The van der Waals surface area contributed by atoms with Gasteiger partial charge in [-0.2, -0.15) is 4.98 Å². The van der Waals surface area contributed by atoms with E-state index < -0.39 is 5.91 Å². The maximum absolute atomic E-state index is 11.1. The molecule has 0 aromatic carbocycles. The van der Waals surface area contributed by atoms with Crippen LogP contribution in [-0.4, -0.2) is 29.0 Å². The fraction of sp³-hybridized carbons (Fsp3) is 0.545. The summed E-state index contributed by atoms with van der Waals surface area (Å²) in [6, 6.07) is 1.80. The van der Waals surface area contributed by atoms with Gasteiger partial charge in [-0.1, -0.05) is 13.8 Å². The van der Waals surface area contributed by atoms with Crippen molar-refractivity contribution < 1.29 is 4.79 Å². The number of nitrogens with two attached hydrogens (primary N) is 2. The van der Waals surface area contributed by atoms with E-state index >= 15 is 0 Å². The molecule has 0 radical (unpaired) electrons. The first kappa shape index (κ1) is 14.2. The smallest absolute Gasteiger partial charge is 0.239 e. The third kappa shape index (κ3) is 4.17. The first-order valence-electron chi connectivity index (χ1n) is 5.78. The van der Waals surface area contributed by atoms with Gasteiger partial charge in [0.05, 0.1) is 6.54 Å². The fourth-order valence-corrected chi connectivity index (χ4v) is 1.65. The normalized spacial score (nSPS) is 10.5. The van der Waals surface area contributed by atoms with Gasteiger partial charge in [-0.15, -0.1) is 0 Å². The standard InChI is InChI=1S/C11H20N6O/c1-7(2)5-17(6-9(12)18)10-4-8(3)14-11(15-10)16-13/h4,7H,5-6,13H2,1-3H3,(H2,12,18)(H,14,15,16). The van der Waals surface area contributed by atoms with Crippen molar-refractivity contribution in [3.8, 4) is 0 Å². The molecule has 1 heterocycles. The molecule has 7 nitrogen and oxygen atoms in total. The lowest BCUT2D eigenvalue weighted by molar-refractivity contribution is -0.116. The molecule has 1 aromatic rings. The Morgan fingerprint density at radius 2 is 2.17 bits per heavy atom. The van der Waals surface area contributed by atoms with Crippen molar-refractivity contribution in [2.45, 2.75) is 20.8 Å². The SMILES string of the molecule is Cc1cc(N(CC(N)=O)CC(C)C)nc(NN)n1. The van der Waals surface area contributed by atoms with Gasteiger partial charge in [0.25, 0.3) is 0 Å². The van der Waals surface area contributed by atoms with Crippen LogP contribution in [0, 0.1) is 12.8 Å². The Labute approximate surface area is 107 Å². The number of carbonyl (C=O) groups is 1. The van der Waals surface area contributed by atoms with Crippen molar-refractivity contribution in [2.24, 2.45) is 17.5 Å². The minimum absolute atomic E-state index is 0.124. The van der Waals surface area contributed by atoms with E-state index in [0.717, 1.165) is 5.69 Å². The minimum Gasteiger partial charge on any atom is -0.368 e. The maximum Gasteiger partial charge on any atom is 0.239 e. The molecule has 0 spiro atoms. The zero-order valence-electron chi connectivity index (χ0n) is 11.0. The Hall–Kier alpha value is -1.89. The third-order valence-corrected chi connectivity index (χ3v) is 2.23. The molecule has 0 aliphatic carbocycles. The Bertz CT molecular complexity index is 420. The van der Waals surface area contributed by atoms with Gasteiger partial charge in [0.15, 0.2) is 0 Å². The number of hydrogen-bond acceptors (Lipinski definition) is 6. The second-order valence-corrected chi connectivity index (χ2v) is 4.58. The van der Waals surface area contributed by atoms with Crippen molar-refractivity contribution >= 4 is 17.7 Å². The summed E-state index contributed by atoms with van der Waals surface area (Å²) in [4.78, 5) is 21.3. The van der Waals surface area contributed by atoms with Crippen LogP contribution in [0.1, 0.15) is 19.5 Å². The largest absolute Gasteiger partial charge is 0.368 e. The number of rotatable bonds is 6. The molecule has 0 unspecified atom stereocenters. The second kappa shape index (κ2) is 6.15. The first-order chi connectivity index (χ1) is 8.42. The van der Waals surface area contributed by atoms with E-state index in [1.54, 1.807) is 6.07 Å². The van der Waals surface area contributed by atoms with Crippen LogP contribution in [0.15, 0.2) is 6.07 Å². The summed E-state index contributed by atoms with van der Waals surface area (Å²) in [5.41, 5.74) is 8.42. The van der Waals surface area contributed by atoms with E-state index in [-0.39, 0.29) is 6.54 Å². The Morgan fingerprint density at radius 3 is 2.67 bits per heavy atom. The molecule has 0 fully saturated rings. The highest BCUT2D eigenvalue weighted by molar-refractivity contribution is 5.79. The van der Waals surface area contributed by atoms with Gasteiger partial charge in [-0.3, -0.25) is 10.2 Å². The summed E-state index contributed by atoms with van der Waals surface area (Å²) < 4.78 is 0.